The number of hydrogen-bond donors (Lipinski definition) is 0. The van der Waals surface area contributed by atoms with E-state index in [4.69, 9.17) is 16.9 Å². The molecule has 2 saturated heterocycles. The molecule has 2 heterocycles. The van der Waals surface area contributed by atoms with Gasteiger partial charge in [0.2, 0.25) is 10.0 Å². The molecule has 0 aromatic heterocycles. The van der Waals surface area contributed by atoms with E-state index in [0.29, 0.717) is 38.5 Å². The van der Waals surface area contributed by atoms with Crippen LogP contribution >= 0.6 is 11.6 Å². The molecule has 0 unspecified atom stereocenters. The number of sulfonamides is 1. The molecule has 0 radical (unpaired) electrons. The minimum atomic E-state index is -3.30. The van der Waals surface area contributed by atoms with Crippen molar-refractivity contribution in [2.75, 3.05) is 26.2 Å². The van der Waals surface area contributed by atoms with Gasteiger partial charge in [0.1, 0.15) is 0 Å². The summed E-state index contributed by atoms with van der Waals surface area (Å²) in [6.45, 7) is 1.98. The lowest BCUT2D eigenvalue weighted by Crippen LogP contribution is -2.43. The Morgan fingerprint density at radius 3 is 2.30 bits per heavy atom. The van der Waals surface area contributed by atoms with Gasteiger partial charge in [-0.05, 0) is 42.9 Å². The number of piperidine rings is 1. The largest absolute Gasteiger partial charge is 0.309 e. The van der Waals surface area contributed by atoms with Crippen LogP contribution in [0.5, 0.6) is 0 Å². The highest BCUT2D eigenvalue weighted by Gasteiger charge is 2.38. The number of rotatable bonds is 3. The number of halogens is 1. The summed E-state index contributed by atoms with van der Waals surface area (Å²) in [6, 6.07) is 7.82. The standard InChI is InChI=1S/C16H20ClN3O2S/c17-15-3-1-13(2-4-15)14-5-9-20(10-6-14)23(21,22)16-7-8-19(11-16)12-18/h1-4,14,16H,5-11H2/t16-/m1/s1. The molecule has 2 aliphatic heterocycles. The van der Waals surface area contributed by atoms with Crippen LogP contribution in [0.1, 0.15) is 30.7 Å². The quantitative estimate of drug-likeness (QED) is 0.783. The van der Waals surface area contributed by atoms with Crippen LogP contribution in [0, 0.1) is 11.5 Å². The first-order valence-corrected chi connectivity index (χ1v) is 9.78. The average Bonchev–Trinajstić information content (AvgIpc) is 3.06. The first-order chi connectivity index (χ1) is 11.0. The van der Waals surface area contributed by atoms with Gasteiger partial charge in [0.15, 0.2) is 6.19 Å². The summed E-state index contributed by atoms with van der Waals surface area (Å²) < 4.78 is 27.0. The maximum absolute atomic E-state index is 12.7. The van der Waals surface area contributed by atoms with Gasteiger partial charge in [-0.2, -0.15) is 5.26 Å². The minimum absolute atomic E-state index is 0.329. The number of hydrogen-bond acceptors (Lipinski definition) is 4. The van der Waals surface area contributed by atoms with Gasteiger partial charge >= 0.3 is 0 Å². The van der Waals surface area contributed by atoms with E-state index >= 15 is 0 Å². The number of nitrogens with zero attached hydrogens (tertiary/aromatic N) is 3. The van der Waals surface area contributed by atoms with Crippen LogP contribution in [0.25, 0.3) is 0 Å². The van der Waals surface area contributed by atoms with Crippen LogP contribution in [-0.4, -0.2) is 49.1 Å². The fourth-order valence-electron chi connectivity index (χ4n) is 3.45. The van der Waals surface area contributed by atoms with E-state index in [1.54, 1.807) is 4.31 Å². The van der Waals surface area contributed by atoms with E-state index in [1.807, 2.05) is 30.5 Å². The van der Waals surface area contributed by atoms with E-state index in [2.05, 4.69) is 0 Å². The Morgan fingerprint density at radius 1 is 1.09 bits per heavy atom. The van der Waals surface area contributed by atoms with E-state index < -0.39 is 15.3 Å². The maximum atomic E-state index is 12.7. The lowest BCUT2D eigenvalue weighted by molar-refractivity contribution is 0.316. The van der Waals surface area contributed by atoms with Gasteiger partial charge in [0.25, 0.3) is 0 Å². The molecule has 0 aliphatic carbocycles. The second kappa shape index (κ2) is 6.68. The topological polar surface area (TPSA) is 64.4 Å². The molecule has 0 amide bonds. The molecule has 1 atom stereocenters. The monoisotopic (exact) mass is 353 g/mol. The summed E-state index contributed by atoms with van der Waals surface area (Å²) in [6.07, 6.45) is 4.25. The molecule has 1 aromatic carbocycles. The fraction of sp³-hybridized carbons (Fsp3) is 0.562. The molecular formula is C16H20ClN3O2S. The highest BCUT2D eigenvalue weighted by Crippen LogP contribution is 2.31. The van der Waals surface area contributed by atoms with Crippen LogP contribution in [0.3, 0.4) is 0 Å². The van der Waals surface area contributed by atoms with E-state index in [1.165, 1.54) is 10.5 Å². The Labute approximate surface area is 142 Å². The first-order valence-electron chi connectivity index (χ1n) is 7.90. The van der Waals surface area contributed by atoms with Crippen molar-refractivity contribution in [3.63, 3.8) is 0 Å². The minimum Gasteiger partial charge on any atom is -0.309 e. The van der Waals surface area contributed by atoms with Crippen molar-refractivity contribution >= 4 is 21.6 Å². The zero-order valence-electron chi connectivity index (χ0n) is 12.9. The van der Waals surface area contributed by atoms with Crippen LogP contribution < -0.4 is 0 Å². The smallest absolute Gasteiger partial charge is 0.218 e. The highest BCUT2D eigenvalue weighted by molar-refractivity contribution is 7.89. The summed E-state index contributed by atoms with van der Waals surface area (Å²) in [5.74, 6) is 0.387. The van der Waals surface area contributed by atoms with Gasteiger partial charge in [-0.1, -0.05) is 23.7 Å². The third kappa shape index (κ3) is 3.47. The fourth-order valence-corrected chi connectivity index (χ4v) is 5.49. The van der Waals surface area contributed by atoms with Crippen LogP contribution in [-0.2, 0) is 10.0 Å². The van der Waals surface area contributed by atoms with Crippen LogP contribution in [0.2, 0.25) is 5.02 Å². The molecular weight excluding hydrogens is 334 g/mol. The van der Waals surface area contributed by atoms with Crippen molar-refractivity contribution in [1.29, 1.82) is 5.26 Å². The molecule has 0 saturated carbocycles. The third-order valence-electron chi connectivity index (χ3n) is 4.86. The summed E-state index contributed by atoms with van der Waals surface area (Å²) in [5.41, 5.74) is 1.22. The van der Waals surface area contributed by atoms with Crippen molar-refractivity contribution < 1.29 is 8.42 Å². The Hall–Kier alpha value is -1.29. The molecule has 1 aromatic rings. The van der Waals surface area contributed by atoms with Crippen molar-refractivity contribution in [2.24, 2.45) is 0 Å². The van der Waals surface area contributed by atoms with Crippen LogP contribution in [0.15, 0.2) is 24.3 Å². The molecule has 5 nitrogen and oxygen atoms in total. The predicted molar refractivity (Wildman–Crippen MR) is 89.5 cm³/mol. The second-order valence-corrected chi connectivity index (χ2v) is 8.88. The molecule has 23 heavy (non-hydrogen) atoms. The van der Waals surface area contributed by atoms with Gasteiger partial charge in [-0.25, -0.2) is 12.7 Å². The normalized spacial score (nSPS) is 23.8. The van der Waals surface area contributed by atoms with E-state index in [-0.39, 0.29) is 0 Å². The average molecular weight is 354 g/mol. The van der Waals surface area contributed by atoms with Crippen LogP contribution in [0.4, 0.5) is 0 Å². The Morgan fingerprint density at radius 2 is 1.74 bits per heavy atom. The lowest BCUT2D eigenvalue weighted by Gasteiger charge is -2.33. The van der Waals surface area contributed by atoms with E-state index in [9.17, 15) is 8.42 Å². The number of nitriles is 1. The van der Waals surface area contributed by atoms with Gasteiger partial charge in [0.05, 0.1) is 5.25 Å². The molecule has 7 heteroatoms. The van der Waals surface area contributed by atoms with Crippen molar-refractivity contribution in [2.45, 2.75) is 30.4 Å². The summed E-state index contributed by atoms with van der Waals surface area (Å²) in [7, 11) is -3.30. The lowest BCUT2D eigenvalue weighted by atomic mass is 9.90. The Kier molecular flexibility index (Phi) is 4.81. The van der Waals surface area contributed by atoms with Crippen molar-refractivity contribution in [3.8, 4) is 6.19 Å². The summed E-state index contributed by atoms with van der Waals surface area (Å²) in [4.78, 5) is 1.53. The zero-order valence-corrected chi connectivity index (χ0v) is 14.4. The van der Waals surface area contributed by atoms with E-state index in [0.717, 1.165) is 17.9 Å². The molecule has 3 rings (SSSR count). The molecule has 2 aliphatic rings. The van der Waals surface area contributed by atoms with Gasteiger partial charge < -0.3 is 4.90 Å². The SMILES string of the molecule is N#CN1CC[C@@H](S(=O)(=O)N2CCC(c3ccc(Cl)cc3)CC2)C1. The first kappa shape index (κ1) is 16.6. The molecule has 0 N–H and O–H groups in total. The Balaban J connectivity index is 1.62. The maximum Gasteiger partial charge on any atom is 0.218 e. The molecule has 0 spiro atoms. The molecule has 124 valence electrons. The highest BCUT2D eigenvalue weighted by atomic mass is 35.5. The Bertz CT molecular complexity index is 691. The van der Waals surface area contributed by atoms with Crippen molar-refractivity contribution in [3.05, 3.63) is 34.9 Å². The number of likely N-dealkylation sites (tertiary alicyclic amines) is 1. The van der Waals surface area contributed by atoms with Gasteiger partial charge in [-0.3, -0.25) is 0 Å². The molecule has 0 bridgehead atoms. The molecule has 2 fully saturated rings. The second-order valence-electron chi connectivity index (χ2n) is 6.23. The van der Waals surface area contributed by atoms with Gasteiger partial charge in [-0.15, -0.1) is 0 Å². The van der Waals surface area contributed by atoms with Gasteiger partial charge in [0, 0.05) is 31.2 Å². The predicted octanol–water partition coefficient (Wildman–Crippen LogP) is 2.40. The summed E-state index contributed by atoms with van der Waals surface area (Å²) >= 11 is 5.92. The number of benzene rings is 1. The zero-order chi connectivity index (χ0) is 16.4. The summed E-state index contributed by atoms with van der Waals surface area (Å²) in [5, 5.41) is 9.18. The van der Waals surface area contributed by atoms with Crippen molar-refractivity contribution in [1.82, 2.24) is 9.21 Å². The third-order valence-corrected chi connectivity index (χ3v) is 7.43.